The van der Waals surface area contributed by atoms with Gasteiger partial charge >= 0.3 is 5.97 Å². The molecule has 1 rings (SSSR count). The molecule has 0 radical (unpaired) electrons. The van der Waals surface area contributed by atoms with Crippen molar-refractivity contribution in [1.82, 2.24) is 0 Å². The van der Waals surface area contributed by atoms with Crippen LogP contribution in [0.1, 0.15) is 25.8 Å². The first-order valence-electron chi connectivity index (χ1n) is 6.43. The van der Waals surface area contributed by atoms with Crippen molar-refractivity contribution in [2.24, 2.45) is 5.73 Å². The Bertz CT molecular complexity index is 423. The van der Waals surface area contributed by atoms with E-state index in [2.05, 4.69) is 0 Å². The van der Waals surface area contributed by atoms with E-state index in [1.807, 2.05) is 6.92 Å². The lowest BCUT2D eigenvalue weighted by molar-refractivity contribution is -0.151. The molecule has 0 aromatic heterocycles. The molecule has 106 valence electrons. The smallest absolute Gasteiger partial charge is 0.347 e. The van der Waals surface area contributed by atoms with E-state index in [-0.39, 0.29) is 0 Å². The van der Waals surface area contributed by atoms with Gasteiger partial charge in [-0.05, 0) is 44.0 Å². The van der Waals surface area contributed by atoms with Crippen molar-refractivity contribution in [3.05, 3.63) is 29.6 Å². The highest BCUT2D eigenvalue weighted by molar-refractivity contribution is 5.75. The molecule has 1 atom stereocenters. The maximum atomic E-state index is 13.4. The fourth-order valence-corrected chi connectivity index (χ4v) is 1.70. The second-order valence-electron chi connectivity index (χ2n) is 4.10. The topological polar surface area (TPSA) is 61.5 Å². The maximum absolute atomic E-state index is 13.4. The average Bonchev–Trinajstić information content (AvgIpc) is 2.36. The molecule has 1 aromatic carbocycles. The van der Waals surface area contributed by atoms with Gasteiger partial charge in [0.1, 0.15) is 11.6 Å². The number of rotatable bonds is 7. The lowest BCUT2D eigenvalue weighted by Gasteiger charge is -2.16. The highest BCUT2D eigenvalue weighted by atomic mass is 19.1. The number of hydrogen-bond acceptors (Lipinski definition) is 4. The monoisotopic (exact) mass is 269 g/mol. The van der Waals surface area contributed by atoms with Crippen molar-refractivity contribution in [3.63, 3.8) is 0 Å². The maximum Gasteiger partial charge on any atom is 0.347 e. The van der Waals surface area contributed by atoms with Crippen LogP contribution in [-0.4, -0.2) is 25.2 Å². The van der Waals surface area contributed by atoms with Crippen LogP contribution in [0.2, 0.25) is 0 Å². The first-order chi connectivity index (χ1) is 9.10. The van der Waals surface area contributed by atoms with E-state index >= 15 is 0 Å². The molecule has 2 N–H and O–H groups in total. The van der Waals surface area contributed by atoms with Gasteiger partial charge in [0.05, 0.1) is 6.61 Å². The van der Waals surface area contributed by atoms with Crippen LogP contribution in [0.4, 0.5) is 4.39 Å². The van der Waals surface area contributed by atoms with Crippen LogP contribution in [0.25, 0.3) is 0 Å². The summed E-state index contributed by atoms with van der Waals surface area (Å²) in [5.41, 5.74) is 6.19. The summed E-state index contributed by atoms with van der Waals surface area (Å²) in [6, 6.07) is 4.35. The van der Waals surface area contributed by atoms with Gasteiger partial charge in [-0.3, -0.25) is 0 Å². The zero-order chi connectivity index (χ0) is 14.3. The number of carbonyl (C=O) groups excluding carboxylic acids is 1. The highest BCUT2D eigenvalue weighted by Gasteiger charge is 2.20. The number of hydrogen-bond donors (Lipinski definition) is 1. The van der Waals surface area contributed by atoms with Crippen molar-refractivity contribution < 1.29 is 18.7 Å². The molecule has 0 fully saturated rings. The minimum Gasteiger partial charge on any atom is -0.479 e. The Kier molecular flexibility index (Phi) is 6.29. The Hall–Kier alpha value is -1.62. The van der Waals surface area contributed by atoms with E-state index in [0.717, 1.165) is 5.56 Å². The molecule has 19 heavy (non-hydrogen) atoms. The van der Waals surface area contributed by atoms with Crippen LogP contribution in [0, 0.1) is 5.82 Å². The van der Waals surface area contributed by atoms with Crippen LogP contribution in [0.3, 0.4) is 0 Å². The summed E-state index contributed by atoms with van der Waals surface area (Å²) in [6.45, 7) is 4.26. The molecule has 0 aliphatic rings. The number of ether oxygens (including phenoxy) is 2. The number of esters is 1. The van der Waals surface area contributed by atoms with Crippen LogP contribution in [0.15, 0.2) is 18.2 Å². The molecule has 0 saturated carbocycles. The van der Waals surface area contributed by atoms with Gasteiger partial charge in [0, 0.05) is 6.07 Å². The lowest BCUT2D eigenvalue weighted by Crippen LogP contribution is -2.28. The molecule has 0 amide bonds. The third-order valence-corrected chi connectivity index (χ3v) is 2.56. The predicted octanol–water partition coefficient (Wildman–Crippen LogP) is 2.05. The minimum atomic E-state index is -0.715. The fourth-order valence-electron chi connectivity index (χ4n) is 1.70. The molecule has 0 bridgehead atoms. The van der Waals surface area contributed by atoms with Gasteiger partial charge in [-0.2, -0.15) is 0 Å². The van der Waals surface area contributed by atoms with Crippen molar-refractivity contribution in [2.75, 3.05) is 13.2 Å². The van der Waals surface area contributed by atoms with Crippen molar-refractivity contribution in [1.29, 1.82) is 0 Å². The second kappa shape index (κ2) is 7.74. The minimum absolute atomic E-state index is 0.292. The first-order valence-corrected chi connectivity index (χ1v) is 6.43. The summed E-state index contributed by atoms with van der Waals surface area (Å²) in [4.78, 5) is 11.6. The lowest BCUT2D eigenvalue weighted by atomic mass is 10.1. The molecule has 0 saturated heterocycles. The molecule has 5 heteroatoms. The van der Waals surface area contributed by atoms with Crippen molar-refractivity contribution >= 4 is 5.97 Å². The van der Waals surface area contributed by atoms with E-state index in [0.29, 0.717) is 31.7 Å². The van der Waals surface area contributed by atoms with Gasteiger partial charge in [-0.15, -0.1) is 0 Å². The fraction of sp³-hybridized carbons (Fsp3) is 0.500. The van der Waals surface area contributed by atoms with Gasteiger partial charge in [-0.1, -0.05) is 6.92 Å². The summed E-state index contributed by atoms with van der Waals surface area (Å²) in [6.07, 6.45) is 0.304. The molecule has 0 heterocycles. The number of halogens is 1. The number of nitrogens with two attached hydrogens (primary N) is 1. The van der Waals surface area contributed by atoms with E-state index in [4.69, 9.17) is 15.2 Å². The van der Waals surface area contributed by atoms with Gasteiger partial charge in [-0.25, -0.2) is 9.18 Å². The number of benzene rings is 1. The summed E-state index contributed by atoms with van der Waals surface area (Å²) in [7, 11) is 0. The largest absolute Gasteiger partial charge is 0.479 e. The van der Waals surface area contributed by atoms with Crippen LogP contribution < -0.4 is 10.5 Å². The highest BCUT2D eigenvalue weighted by Crippen LogP contribution is 2.19. The zero-order valence-electron chi connectivity index (χ0n) is 11.3. The Morgan fingerprint density at radius 1 is 1.37 bits per heavy atom. The molecule has 1 aromatic rings. The number of carbonyl (C=O) groups is 1. The first kappa shape index (κ1) is 15.4. The van der Waals surface area contributed by atoms with E-state index in [1.165, 1.54) is 12.1 Å². The van der Waals surface area contributed by atoms with E-state index in [9.17, 15) is 9.18 Å². The Balaban J connectivity index is 2.81. The Labute approximate surface area is 112 Å². The van der Waals surface area contributed by atoms with Gasteiger partial charge < -0.3 is 15.2 Å². The quantitative estimate of drug-likeness (QED) is 0.769. The zero-order valence-corrected chi connectivity index (χ0v) is 11.3. The Morgan fingerprint density at radius 3 is 2.68 bits per heavy atom. The van der Waals surface area contributed by atoms with Crippen LogP contribution in [-0.2, 0) is 16.0 Å². The van der Waals surface area contributed by atoms with Crippen LogP contribution in [0.5, 0.6) is 5.75 Å². The average molecular weight is 269 g/mol. The van der Waals surface area contributed by atoms with Crippen LogP contribution >= 0.6 is 0 Å². The second-order valence-corrected chi connectivity index (χ2v) is 4.10. The van der Waals surface area contributed by atoms with Crippen molar-refractivity contribution in [3.8, 4) is 5.75 Å². The summed E-state index contributed by atoms with van der Waals surface area (Å²) in [5.74, 6) is -0.516. The molecule has 0 aliphatic carbocycles. The third kappa shape index (κ3) is 4.87. The normalized spacial score (nSPS) is 12.0. The molecule has 1 unspecified atom stereocenters. The van der Waals surface area contributed by atoms with Gasteiger partial charge in [0.2, 0.25) is 0 Å². The summed E-state index contributed by atoms with van der Waals surface area (Å²) < 4.78 is 23.8. The standard InChI is InChI=1S/C14H20FNO3/c1-3-13(14(17)18-4-2)19-12-8-10(5-6-16)7-11(15)9-12/h7-9,13H,3-6,16H2,1-2H3. The summed E-state index contributed by atoms with van der Waals surface area (Å²) in [5, 5.41) is 0. The predicted molar refractivity (Wildman–Crippen MR) is 70.5 cm³/mol. The van der Waals surface area contributed by atoms with Gasteiger partial charge in [0.15, 0.2) is 6.10 Å². The summed E-state index contributed by atoms with van der Waals surface area (Å²) >= 11 is 0. The van der Waals surface area contributed by atoms with Crippen molar-refractivity contribution in [2.45, 2.75) is 32.8 Å². The SMILES string of the molecule is CCOC(=O)C(CC)Oc1cc(F)cc(CCN)c1. The van der Waals surface area contributed by atoms with Gasteiger partial charge in [0.25, 0.3) is 0 Å². The Morgan fingerprint density at radius 2 is 2.11 bits per heavy atom. The molecular formula is C14H20FNO3. The van der Waals surface area contributed by atoms with E-state index < -0.39 is 17.9 Å². The molecule has 0 aliphatic heterocycles. The molecule has 0 spiro atoms. The van der Waals surface area contributed by atoms with E-state index in [1.54, 1.807) is 13.0 Å². The molecular weight excluding hydrogens is 249 g/mol. The molecule has 4 nitrogen and oxygen atoms in total. The third-order valence-electron chi connectivity index (χ3n) is 2.56.